The molecular formula is C52H33N5. The largest absolute Gasteiger partial charge is 0.309 e. The number of nitrogens with zero attached hydrogens (tertiary/aromatic N) is 5. The number of nitriles is 1. The van der Waals surface area contributed by atoms with Crippen LogP contribution >= 0.6 is 0 Å². The third kappa shape index (κ3) is 4.87. The molecule has 0 N–H and O–H groups in total. The number of rotatable bonds is 4. The average molecular weight is 728 g/mol. The fourth-order valence-electron chi connectivity index (χ4n) is 9.04. The van der Waals surface area contributed by atoms with E-state index in [2.05, 4.69) is 160 Å². The topological polar surface area (TPSA) is 42.9 Å². The lowest BCUT2D eigenvalue weighted by Crippen LogP contribution is -1.98. The SMILES string of the molecule is [C-]#[N+]c1ccc2c(c1)c1ccccc1n2-c1ccc(C#N)c(-c2cccc(-n3c4ccccc4c4cc(-n5c6ccc(C)cc6c6cc(C)ccc65)ccc43)c2)c1. The molecule has 0 aliphatic carbocycles. The smallest absolute Gasteiger partial charge is 0.188 e. The Kier molecular flexibility index (Phi) is 7.04. The Bertz CT molecular complexity index is 3520. The van der Waals surface area contributed by atoms with Crippen LogP contribution in [0.4, 0.5) is 5.69 Å². The summed E-state index contributed by atoms with van der Waals surface area (Å²) in [6.07, 6.45) is 0. The molecule has 0 unspecified atom stereocenters. The second-order valence-electron chi connectivity index (χ2n) is 15.0. The standard InChI is InChI=1S/C52H33N5/c1-32-15-21-49-43(25-32)44-26-33(2)16-22-50(44)57(49)39-20-24-52-46(30-39)41-12-5-7-14-48(41)55(52)37-10-8-9-34(27-37)42-29-38(19-17-35(42)31-53)56-47-13-6-4-11-40(47)45-28-36(54-3)18-23-51(45)56/h4-30H,1-2H3. The van der Waals surface area contributed by atoms with E-state index in [0.29, 0.717) is 11.3 Å². The van der Waals surface area contributed by atoms with E-state index in [1.165, 1.54) is 43.7 Å². The molecule has 5 heteroatoms. The van der Waals surface area contributed by atoms with Crippen molar-refractivity contribution in [1.29, 1.82) is 5.26 Å². The summed E-state index contributed by atoms with van der Waals surface area (Å²) in [5, 5.41) is 17.4. The molecule has 5 nitrogen and oxygen atoms in total. The summed E-state index contributed by atoms with van der Waals surface area (Å²) in [5.74, 6) is 0. The van der Waals surface area contributed by atoms with Crippen molar-refractivity contribution in [3.8, 4) is 34.3 Å². The van der Waals surface area contributed by atoms with Gasteiger partial charge in [0.15, 0.2) is 5.69 Å². The molecule has 0 aliphatic heterocycles. The Morgan fingerprint density at radius 1 is 0.439 bits per heavy atom. The highest BCUT2D eigenvalue weighted by Gasteiger charge is 2.19. The van der Waals surface area contributed by atoms with Gasteiger partial charge in [-0.05, 0) is 122 Å². The first kappa shape index (κ1) is 32.6. The monoisotopic (exact) mass is 727 g/mol. The lowest BCUT2D eigenvalue weighted by atomic mass is 9.99. The van der Waals surface area contributed by atoms with Crippen LogP contribution in [-0.2, 0) is 0 Å². The Balaban J connectivity index is 1.09. The summed E-state index contributed by atoms with van der Waals surface area (Å²) in [7, 11) is 0. The van der Waals surface area contributed by atoms with Gasteiger partial charge in [-0.1, -0.05) is 77.9 Å². The van der Waals surface area contributed by atoms with E-state index in [0.717, 1.165) is 61.0 Å². The lowest BCUT2D eigenvalue weighted by Gasteiger charge is -2.14. The Morgan fingerprint density at radius 3 is 1.54 bits per heavy atom. The molecule has 57 heavy (non-hydrogen) atoms. The van der Waals surface area contributed by atoms with Gasteiger partial charge in [-0.25, -0.2) is 4.85 Å². The van der Waals surface area contributed by atoms with Gasteiger partial charge in [-0.2, -0.15) is 5.26 Å². The number of fused-ring (bicyclic) bond motifs is 9. The van der Waals surface area contributed by atoms with Crippen molar-refractivity contribution >= 4 is 71.1 Å². The third-order valence-corrected chi connectivity index (χ3v) is 11.6. The van der Waals surface area contributed by atoms with Crippen molar-refractivity contribution in [2.24, 2.45) is 0 Å². The van der Waals surface area contributed by atoms with Crippen LogP contribution in [0.5, 0.6) is 0 Å². The number of benzene rings is 8. The van der Waals surface area contributed by atoms with Gasteiger partial charge in [-0.15, -0.1) is 0 Å². The molecule has 11 aromatic rings. The second-order valence-corrected chi connectivity index (χ2v) is 15.0. The molecule has 0 amide bonds. The van der Waals surface area contributed by atoms with Crippen LogP contribution in [-0.4, -0.2) is 13.7 Å². The van der Waals surface area contributed by atoms with Gasteiger partial charge >= 0.3 is 0 Å². The predicted octanol–water partition coefficient (Wildman–Crippen LogP) is 13.7. The van der Waals surface area contributed by atoms with Crippen LogP contribution in [0.15, 0.2) is 164 Å². The molecular weight excluding hydrogens is 695 g/mol. The van der Waals surface area contributed by atoms with E-state index in [-0.39, 0.29) is 0 Å². The molecule has 0 saturated carbocycles. The molecule has 0 bridgehead atoms. The summed E-state index contributed by atoms with van der Waals surface area (Å²) in [6, 6.07) is 60.2. The van der Waals surface area contributed by atoms with E-state index < -0.39 is 0 Å². The Morgan fingerprint density at radius 2 is 0.930 bits per heavy atom. The molecule has 0 fully saturated rings. The summed E-state index contributed by atoms with van der Waals surface area (Å²) in [5.41, 5.74) is 15.3. The van der Waals surface area contributed by atoms with Crippen molar-refractivity contribution < 1.29 is 0 Å². The fraction of sp³-hybridized carbons (Fsp3) is 0.0385. The fourth-order valence-corrected chi connectivity index (χ4v) is 9.04. The van der Waals surface area contributed by atoms with E-state index >= 15 is 0 Å². The Hall–Kier alpha value is -7.86. The summed E-state index contributed by atoms with van der Waals surface area (Å²) in [6.45, 7) is 11.9. The van der Waals surface area contributed by atoms with Gasteiger partial charge in [-0.3, -0.25) is 0 Å². The molecule has 8 aromatic carbocycles. The van der Waals surface area contributed by atoms with Crippen molar-refractivity contribution in [2.75, 3.05) is 0 Å². The molecule has 3 heterocycles. The van der Waals surface area contributed by atoms with Crippen LogP contribution in [0.3, 0.4) is 0 Å². The molecule has 0 saturated heterocycles. The third-order valence-electron chi connectivity index (χ3n) is 11.6. The molecule has 0 aliphatic rings. The van der Waals surface area contributed by atoms with E-state index in [1.807, 2.05) is 42.5 Å². The number of hydrogen-bond acceptors (Lipinski definition) is 1. The maximum atomic E-state index is 10.4. The van der Waals surface area contributed by atoms with Gasteiger partial charge < -0.3 is 13.7 Å². The highest BCUT2D eigenvalue weighted by Crippen LogP contribution is 2.40. The molecule has 266 valence electrons. The van der Waals surface area contributed by atoms with Crippen molar-refractivity contribution in [2.45, 2.75) is 13.8 Å². The van der Waals surface area contributed by atoms with Gasteiger partial charge in [0.1, 0.15) is 0 Å². The van der Waals surface area contributed by atoms with Gasteiger partial charge in [0.2, 0.25) is 0 Å². The maximum absolute atomic E-state index is 10.4. The first-order chi connectivity index (χ1) is 28.0. The predicted molar refractivity (Wildman–Crippen MR) is 235 cm³/mol. The molecule has 0 atom stereocenters. The molecule has 11 rings (SSSR count). The average Bonchev–Trinajstić information content (AvgIpc) is 3.88. The van der Waals surface area contributed by atoms with Crippen molar-refractivity contribution in [1.82, 2.24) is 13.7 Å². The van der Waals surface area contributed by atoms with E-state index in [4.69, 9.17) is 6.57 Å². The van der Waals surface area contributed by atoms with Crippen LogP contribution < -0.4 is 0 Å². The lowest BCUT2D eigenvalue weighted by molar-refractivity contribution is 1.16. The van der Waals surface area contributed by atoms with E-state index in [9.17, 15) is 5.26 Å². The van der Waals surface area contributed by atoms with Gasteiger partial charge in [0.25, 0.3) is 0 Å². The number of aromatic nitrogens is 3. The van der Waals surface area contributed by atoms with Gasteiger partial charge in [0.05, 0.1) is 51.3 Å². The highest BCUT2D eigenvalue weighted by atomic mass is 15.0. The number of para-hydroxylation sites is 2. The minimum absolute atomic E-state index is 0.607. The maximum Gasteiger partial charge on any atom is 0.188 e. The number of aryl methyl sites for hydroxylation is 2. The second kappa shape index (κ2) is 12.3. The highest BCUT2D eigenvalue weighted by molar-refractivity contribution is 6.13. The Labute approximate surface area is 328 Å². The zero-order valence-electron chi connectivity index (χ0n) is 31.3. The van der Waals surface area contributed by atoms with E-state index in [1.54, 1.807) is 0 Å². The van der Waals surface area contributed by atoms with Crippen LogP contribution in [0.2, 0.25) is 0 Å². The molecule has 3 aromatic heterocycles. The zero-order valence-corrected chi connectivity index (χ0v) is 31.3. The van der Waals surface area contributed by atoms with Crippen LogP contribution in [0.25, 0.3) is 98.5 Å². The molecule has 0 radical (unpaired) electrons. The van der Waals surface area contributed by atoms with Crippen LogP contribution in [0, 0.1) is 31.8 Å². The van der Waals surface area contributed by atoms with Gasteiger partial charge in [0, 0.05) is 49.6 Å². The minimum atomic E-state index is 0.607. The summed E-state index contributed by atoms with van der Waals surface area (Å²) in [4.78, 5) is 3.70. The quantitative estimate of drug-likeness (QED) is 0.166. The molecule has 0 spiro atoms. The first-order valence-electron chi connectivity index (χ1n) is 19.1. The number of hydrogen-bond donors (Lipinski definition) is 0. The van der Waals surface area contributed by atoms with Crippen LogP contribution in [0.1, 0.15) is 16.7 Å². The minimum Gasteiger partial charge on any atom is -0.309 e. The van der Waals surface area contributed by atoms with Crippen molar-refractivity contribution in [3.63, 3.8) is 0 Å². The summed E-state index contributed by atoms with van der Waals surface area (Å²) >= 11 is 0. The normalized spacial score (nSPS) is 11.6. The first-order valence-corrected chi connectivity index (χ1v) is 19.1. The van der Waals surface area contributed by atoms with Crippen molar-refractivity contribution in [3.05, 3.63) is 192 Å². The zero-order chi connectivity index (χ0) is 38.4. The summed E-state index contributed by atoms with van der Waals surface area (Å²) < 4.78 is 6.97.